The van der Waals surface area contributed by atoms with E-state index in [1.165, 1.54) is 0 Å². The van der Waals surface area contributed by atoms with Gasteiger partial charge in [0, 0.05) is 0 Å². The van der Waals surface area contributed by atoms with Crippen LogP contribution in [0.5, 0.6) is 5.75 Å². The van der Waals surface area contributed by atoms with Gasteiger partial charge in [-0.05, 0) is 23.3 Å². The van der Waals surface area contributed by atoms with Gasteiger partial charge in [-0.3, -0.25) is 10.0 Å². The van der Waals surface area contributed by atoms with E-state index in [-0.39, 0.29) is 18.9 Å². The van der Waals surface area contributed by atoms with Gasteiger partial charge in [-0.2, -0.15) is 0 Å². The Hall–Kier alpha value is -2.33. The molecule has 104 valence electrons. The van der Waals surface area contributed by atoms with Crippen LogP contribution in [0.2, 0.25) is 0 Å². The number of nitrogens with zero attached hydrogens (tertiary/aromatic N) is 1. The van der Waals surface area contributed by atoms with Gasteiger partial charge in [0.2, 0.25) is 0 Å². The van der Waals surface area contributed by atoms with Crippen molar-refractivity contribution in [2.75, 3.05) is 7.11 Å². The fraction of sp³-hybridized carbons (Fsp3) is 0.188. The standard InChI is InChI=1S/C16H17NO3/c1-20-15-9-5-8-14(10-15)11-16(18)17(19)12-13-6-3-2-4-7-13/h2-10,19H,11-12H2,1H3. The van der Waals surface area contributed by atoms with Crippen LogP contribution in [0.15, 0.2) is 54.6 Å². The van der Waals surface area contributed by atoms with E-state index >= 15 is 0 Å². The molecule has 4 heteroatoms. The number of hydrogen-bond acceptors (Lipinski definition) is 3. The first-order chi connectivity index (χ1) is 9.69. The van der Waals surface area contributed by atoms with Gasteiger partial charge < -0.3 is 4.74 Å². The summed E-state index contributed by atoms with van der Waals surface area (Å²) >= 11 is 0. The Morgan fingerprint density at radius 3 is 2.50 bits per heavy atom. The quantitative estimate of drug-likeness (QED) is 0.672. The van der Waals surface area contributed by atoms with Crippen molar-refractivity contribution in [1.29, 1.82) is 0 Å². The van der Waals surface area contributed by atoms with Crippen LogP contribution in [0.1, 0.15) is 11.1 Å². The molecule has 2 aromatic rings. The predicted octanol–water partition coefficient (Wildman–Crippen LogP) is 2.66. The number of amides is 1. The van der Waals surface area contributed by atoms with Crippen LogP contribution in [0.3, 0.4) is 0 Å². The number of methoxy groups -OCH3 is 1. The van der Waals surface area contributed by atoms with Crippen LogP contribution >= 0.6 is 0 Å². The highest BCUT2D eigenvalue weighted by molar-refractivity contribution is 5.77. The Kier molecular flexibility index (Phi) is 4.74. The van der Waals surface area contributed by atoms with Gasteiger partial charge in [-0.1, -0.05) is 42.5 Å². The predicted molar refractivity (Wildman–Crippen MR) is 75.5 cm³/mol. The van der Waals surface area contributed by atoms with Crippen LogP contribution in [-0.2, 0) is 17.8 Å². The molecule has 0 bridgehead atoms. The average Bonchev–Trinajstić information content (AvgIpc) is 2.48. The van der Waals surface area contributed by atoms with Crippen molar-refractivity contribution >= 4 is 5.91 Å². The summed E-state index contributed by atoms with van der Waals surface area (Å²) < 4.78 is 5.11. The Labute approximate surface area is 118 Å². The van der Waals surface area contributed by atoms with Gasteiger partial charge in [0.1, 0.15) is 5.75 Å². The molecule has 0 spiro atoms. The Bertz CT molecular complexity index is 569. The van der Waals surface area contributed by atoms with Crippen molar-refractivity contribution in [2.45, 2.75) is 13.0 Å². The van der Waals surface area contributed by atoms with Crippen LogP contribution in [0, 0.1) is 0 Å². The number of carbonyl (C=O) groups excluding carboxylic acids is 1. The summed E-state index contributed by atoms with van der Waals surface area (Å²) in [6.07, 6.45) is 0.139. The average molecular weight is 271 g/mol. The van der Waals surface area contributed by atoms with E-state index in [4.69, 9.17) is 4.74 Å². The SMILES string of the molecule is COc1cccc(CC(=O)N(O)Cc2ccccc2)c1. The van der Waals surface area contributed by atoms with Crippen LogP contribution < -0.4 is 4.74 Å². The molecule has 0 atom stereocenters. The van der Waals surface area contributed by atoms with E-state index in [2.05, 4.69) is 0 Å². The van der Waals surface area contributed by atoms with Gasteiger partial charge in [0.15, 0.2) is 0 Å². The lowest BCUT2D eigenvalue weighted by molar-refractivity contribution is -0.167. The van der Waals surface area contributed by atoms with E-state index in [1.54, 1.807) is 13.2 Å². The second kappa shape index (κ2) is 6.73. The van der Waals surface area contributed by atoms with E-state index in [0.717, 1.165) is 16.2 Å². The van der Waals surface area contributed by atoms with Crippen molar-refractivity contribution < 1.29 is 14.7 Å². The highest BCUT2D eigenvalue weighted by atomic mass is 16.5. The Balaban J connectivity index is 1.97. The molecule has 0 heterocycles. The summed E-state index contributed by atoms with van der Waals surface area (Å²) in [4.78, 5) is 12.0. The highest BCUT2D eigenvalue weighted by Gasteiger charge is 2.12. The summed E-state index contributed by atoms with van der Waals surface area (Å²) in [5.41, 5.74) is 1.69. The lowest BCUT2D eigenvalue weighted by Crippen LogP contribution is -2.28. The lowest BCUT2D eigenvalue weighted by Gasteiger charge is -2.15. The van der Waals surface area contributed by atoms with Gasteiger partial charge in [0.25, 0.3) is 5.91 Å². The van der Waals surface area contributed by atoms with Crippen molar-refractivity contribution in [3.63, 3.8) is 0 Å². The first-order valence-electron chi connectivity index (χ1n) is 6.35. The van der Waals surface area contributed by atoms with Crippen LogP contribution in [0.4, 0.5) is 0 Å². The van der Waals surface area contributed by atoms with E-state index < -0.39 is 0 Å². The molecule has 1 amide bonds. The summed E-state index contributed by atoms with van der Waals surface area (Å²) in [6.45, 7) is 0.184. The van der Waals surface area contributed by atoms with Crippen molar-refractivity contribution in [3.05, 3.63) is 65.7 Å². The summed E-state index contributed by atoms with van der Waals surface area (Å²) in [5, 5.41) is 10.6. The summed E-state index contributed by atoms with van der Waals surface area (Å²) in [7, 11) is 1.58. The number of ether oxygens (including phenoxy) is 1. The zero-order chi connectivity index (χ0) is 14.4. The van der Waals surface area contributed by atoms with Gasteiger partial charge >= 0.3 is 0 Å². The molecular weight excluding hydrogens is 254 g/mol. The molecule has 0 saturated heterocycles. The van der Waals surface area contributed by atoms with Crippen molar-refractivity contribution in [3.8, 4) is 5.75 Å². The molecule has 2 aromatic carbocycles. The Morgan fingerprint density at radius 1 is 1.10 bits per heavy atom. The fourth-order valence-electron chi connectivity index (χ4n) is 1.89. The van der Waals surface area contributed by atoms with Gasteiger partial charge in [0.05, 0.1) is 20.1 Å². The molecule has 20 heavy (non-hydrogen) atoms. The Morgan fingerprint density at radius 2 is 1.80 bits per heavy atom. The largest absolute Gasteiger partial charge is 0.497 e. The molecule has 0 unspecified atom stereocenters. The van der Waals surface area contributed by atoms with Crippen LogP contribution in [0.25, 0.3) is 0 Å². The maximum absolute atomic E-state index is 12.0. The number of hydrogen-bond donors (Lipinski definition) is 1. The first kappa shape index (κ1) is 14.1. The first-order valence-corrected chi connectivity index (χ1v) is 6.35. The third kappa shape index (κ3) is 3.83. The maximum Gasteiger partial charge on any atom is 0.250 e. The molecule has 0 aliphatic rings. The molecule has 1 N–H and O–H groups in total. The molecule has 2 rings (SSSR count). The minimum absolute atomic E-state index is 0.139. The normalized spacial score (nSPS) is 10.1. The van der Waals surface area contributed by atoms with Gasteiger partial charge in [-0.25, -0.2) is 5.06 Å². The van der Waals surface area contributed by atoms with E-state index in [0.29, 0.717) is 5.75 Å². The molecular formula is C16H17NO3. The zero-order valence-corrected chi connectivity index (χ0v) is 11.3. The number of hydroxylamine groups is 2. The molecule has 4 nitrogen and oxygen atoms in total. The van der Waals surface area contributed by atoms with Crippen molar-refractivity contribution in [2.24, 2.45) is 0 Å². The highest BCUT2D eigenvalue weighted by Crippen LogP contribution is 2.14. The molecule has 0 fully saturated rings. The summed E-state index contributed by atoms with van der Waals surface area (Å²) in [5.74, 6) is 0.352. The molecule has 0 aliphatic carbocycles. The van der Waals surface area contributed by atoms with Crippen LogP contribution in [-0.4, -0.2) is 23.3 Å². The molecule has 0 aliphatic heterocycles. The number of carbonyl (C=O) groups is 1. The minimum atomic E-state index is -0.345. The topological polar surface area (TPSA) is 49.8 Å². The van der Waals surface area contributed by atoms with E-state index in [1.807, 2.05) is 48.5 Å². The maximum atomic E-state index is 12.0. The van der Waals surface area contributed by atoms with E-state index in [9.17, 15) is 10.0 Å². The second-order valence-electron chi connectivity index (χ2n) is 4.47. The third-order valence-electron chi connectivity index (χ3n) is 2.95. The number of rotatable bonds is 5. The molecule has 0 aromatic heterocycles. The van der Waals surface area contributed by atoms with Crippen molar-refractivity contribution in [1.82, 2.24) is 5.06 Å². The third-order valence-corrected chi connectivity index (χ3v) is 2.95. The second-order valence-corrected chi connectivity index (χ2v) is 4.47. The minimum Gasteiger partial charge on any atom is -0.497 e. The smallest absolute Gasteiger partial charge is 0.250 e. The number of benzene rings is 2. The summed E-state index contributed by atoms with van der Waals surface area (Å²) in [6, 6.07) is 16.6. The monoisotopic (exact) mass is 271 g/mol. The molecule has 0 saturated carbocycles. The molecule has 0 radical (unpaired) electrons. The van der Waals surface area contributed by atoms with Gasteiger partial charge in [-0.15, -0.1) is 0 Å². The lowest BCUT2D eigenvalue weighted by atomic mass is 10.1. The fourth-order valence-corrected chi connectivity index (χ4v) is 1.89. The zero-order valence-electron chi connectivity index (χ0n) is 11.3.